The van der Waals surface area contributed by atoms with E-state index in [4.69, 9.17) is 33.0 Å². The van der Waals surface area contributed by atoms with Gasteiger partial charge in [-0.2, -0.15) is 0 Å². The van der Waals surface area contributed by atoms with E-state index in [0.717, 1.165) is 0 Å². The molecule has 0 saturated heterocycles. The van der Waals surface area contributed by atoms with Gasteiger partial charge < -0.3 is 20.3 Å². The quantitative estimate of drug-likeness (QED) is 0.606. The Labute approximate surface area is 166 Å². The number of phenols is 1. The summed E-state index contributed by atoms with van der Waals surface area (Å²) >= 11 is 12.4. The van der Waals surface area contributed by atoms with E-state index in [0.29, 0.717) is 11.3 Å². The third-order valence-corrected chi connectivity index (χ3v) is 4.29. The number of amides is 1. The van der Waals surface area contributed by atoms with Crippen molar-refractivity contribution in [1.29, 1.82) is 0 Å². The van der Waals surface area contributed by atoms with Crippen LogP contribution in [0.5, 0.6) is 17.2 Å². The van der Waals surface area contributed by atoms with Crippen LogP contribution < -0.4 is 10.1 Å². The number of nitrogens with one attached hydrogen (secondary N) is 1. The van der Waals surface area contributed by atoms with Crippen LogP contribution in [0, 0.1) is 0 Å². The number of carbonyl (C=O) groups excluding carboxylic acids is 1. The SMILES string of the molecule is CC(C)c1cc(Oc2c(Cl)cc(C(=O)NCCC(=O)O)cc2Cl)ccc1O. The highest BCUT2D eigenvalue weighted by Gasteiger charge is 2.16. The first kappa shape index (κ1) is 20.9. The van der Waals surface area contributed by atoms with Crippen molar-refractivity contribution in [2.24, 2.45) is 0 Å². The van der Waals surface area contributed by atoms with Gasteiger partial charge in [-0.15, -0.1) is 0 Å². The van der Waals surface area contributed by atoms with Crippen LogP contribution in [0.1, 0.15) is 42.1 Å². The summed E-state index contributed by atoms with van der Waals surface area (Å²) in [6.45, 7) is 3.88. The molecule has 0 bridgehead atoms. The van der Waals surface area contributed by atoms with Crippen molar-refractivity contribution in [1.82, 2.24) is 5.32 Å². The van der Waals surface area contributed by atoms with E-state index in [2.05, 4.69) is 5.32 Å². The second-order valence-electron chi connectivity index (χ2n) is 6.15. The second kappa shape index (κ2) is 8.97. The van der Waals surface area contributed by atoms with Crippen LogP contribution in [0.2, 0.25) is 10.0 Å². The van der Waals surface area contributed by atoms with E-state index in [1.165, 1.54) is 18.2 Å². The Balaban J connectivity index is 2.21. The predicted octanol–water partition coefficient (Wildman–Crippen LogP) is 4.82. The van der Waals surface area contributed by atoms with Gasteiger partial charge in [-0.25, -0.2) is 0 Å². The van der Waals surface area contributed by atoms with Gasteiger partial charge in [0.15, 0.2) is 5.75 Å². The summed E-state index contributed by atoms with van der Waals surface area (Å²) in [5.74, 6) is -0.609. The number of carboxylic acid groups (broad SMARTS) is 1. The molecular weight excluding hydrogens is 393 g/mol. The molecule has 2 rings (SSSR count). The number of rotatable bonds is 7. The molecule has 3 N–H and O–H groups in total. The Morgan fingerprint density at radius 2 is 1.78 bits per heavy atom. The maximum atomic E-state index is 12.1. The molecule has 0 aliphatic carbocycles. The second-order valence-corrected chi connectivity index (χ2v) is 6.96. The van der Waals surface area contributed by atoms with E-state index in [-0.39, 0.29) is 46.0 Å². The van der Waals surface area contributed by atoms with E-state index < -0.39 is 11.9 Å². The zero-order chi connectivity index (χ0) is 20.1. The third-order valence-electron chi connectivity index (χ3n) is 3.73. The molecule has 0 aromatic heterocycles. The van der Waals surface area contributed by atoms with Crippen LogP contribution in [0.15, 0.2) is 30.3 Å². The lowest BCUT2D eigenvalue weighted by molar-refractivity contribution is -0.136. The molecule has 6 nitrogen and oxygen atoms in total. The molecule has 1 amide bonds. The van der Waals surface area contributed by atoms with E-state index in [1.54, 1.807) is 12.1 Å². The molecule has 0 unspecified atom stereocenters. The van der Waals surface area contributed by atoms with Crippen molar-refractivity contribution in [3.8, 4) is 17.2 Å². The minimum Gasteiger partial charge on any atom is -0.508 e. The summed E-state index contributed by atoms with van der Waals surface area (Å²) in [7, 11) is 0. The van der Waals surface area contributed by atoms with Crippen LogP contribution in [0.4, 0.5) is 0 Å². The highest BCUT2D eigenvalue weighted by Crippen LogP contribution is 2.39. The van der Waals surface area contributed by atoms with Gasteiger partial charge >= 0.3 is 5.97 Å². The molecule has 0 aliphatic rings. The standard InChI is InChI=1S/C19H19Cl2NO5/c1-10(2)13-9-12(3-4-16(13)23)27-18-14(20)7-11(8-15(18)21)19(26)22-6-5-17(24)25/h3-4,7-10,23H,5-6H2,1-2H3,(H,22,26)(H,24,25). The van der Waals surface area contributed by atoms with Crippen molar-refractivity contribution in [3.63, 3.8) is 0 Å². The Morgan fingerprint density at radius 3 is 2.33 bits per heavy atom. The number of hydrogen-bond acceptors (Lipinski definition) is 4. The summed E-state index contributed by atoms with van der Waals surface area (Å²) in [6.07, 6.45) is -0.187. The average Bonchev–Trinajstić information content (AvgIpc) is 2.58. The van der Waals surface area contributed by atoms with Crippen LogP contribution in [0.25, 0.3) is 0 Å². The molecule has 0 saturated carbocycles. The zero-order valence-electron chi connectivity index (χ0n) is 14.8. The highest BCUT2D eigenvalue weighted by atomic mass is 35.5. The number of carbonyl (C=O) groups is 2. The molecule has 0 radical (unpaired) electrons. The summed E-state index contributed by atoms with van der Waals surface area (Å²) in [6, 6.07) is 7.58. The maximum absolute atomic E-state index is 12.1. The first-order valence-corrected chi connectivity index (χ1v) is 8.94. The Morgan fingerprint density at radius 1 is 1.15 bits per heavy atom. The predicted molar refractivity (Wildman–Crippen MR) is 103 cm³/mol. The van der Waals surface area contributed by atoms with Crippen molar-refractivity contribution in [3.05, 3.63) is 51.5 Å². The number of halogens is 2. The summed E-state index contributed by atoms with van der Waals surface area (Å²) in [5.41, 5.74) is 0.908. The monoisotopic (exact) mass is 411 g/mol. The summed E-state index contributed by atoms with van der Waals surface area (Å²) in [5, 5.41) is 21.2. The van der Waals surface area contributed by atoms with E-state index in [1.807, 2.05) is 13.8 Å². The minimum atomic E-state index is -1.01. The fourth-order valence-electron chi connectivity index (χ4n) is 2.35. The zero-order valence-corrected chi connectivity index (χ0v) is 16.3. The van der Waals surface area contributed by atoms with Crippen molar-refractivity contribution in [2.75, 3.05) is 6.54 Å². The van der Waals surface area contributed by atoms with Crippen LogP contribution in [-0.2, 0) is 4.79 Å². The number of aromatic hydroxyl groups is 1. The summed E-state index contributed by atoms with van der Waals surface area (Å²) < 4.78 is 5.75. The molecule has 8 heteroatoms. The van der Waals surface area contributed by atoms with Gasteiger partial charge in [0.25, 0.3) is 5.91 Å². The van der Waals surface area contributed by atoms with Crippen molar-refractivity contribution < 1.29 is 24.5 Å². The molecule has 0 fully saturated rings. The van der Waals surface area contributed by atoms with Gasteiger partial charge in [-0.05, 0) is 36.2 Å². The Hall–Kier alpha value is -2.44. The highest BCUT2D eigenvalue weighted by molar-refractivity contribution is 6.37. The molecule has 0 atom stereocenters. The molecule has 0 spiro atoms. The lowest BCUT2D eigenvalue weighted by Gasteiger charge is -2.14. The van der Waals surface area contributed by atoms with E-state index >= 15 is 0 Å². The van der Waals surface area contributed by atoms with Crippen molar-refractivity contribution >= 4 is 35.1 Å². The van der Waals surface area contributed by atoms with Gasteiger partial charge in [-0.3, -0.25) is 9.59 Å². The number of aliphatic carboxylic acids is 1. The third kappa shape index (κ3) is 5.52. The molecule has 0 aliphatic heterocycles. The lowest BCUT2D eigenvalue weighted by Crippen LogP contribution is -2.26. The Kier molecular flexibility index (Phi) is 6.93. The summed E-state index contributed by atoms with van der Waals surface area (Å²) in [4.78, 5) is 22.6. The first-order valence-electron chi connectivity index (χ1n) is 8.18. The van der Waals surface area contributed by atoms with E-state index in [9.17, 15) is 14.7 Å². The number of phenolic OH excluding ortho intramolecular Hbond substituents is 1. The normalized spacial score (nSPS) is 10.7. The minimum absolute atomic E-state index is 0.00680. The largest absolute Gasteiger partial charge is 0.508 e. The average molecular weight is 412 g/mol. The maximum Gasteiger partial charge on any atom is 0.305 e. The van der Waals surface area contributed by atoms with Gasteiger partial charge in [0, 0.05) is 17.7 Å². The topological polar surface area (TPSA) is 95.9 Å². The molecule has 27 heavy (non-hydrogen) atoms. The van der Waals surface area contributed by atoms with Crippen molar-refractivity contribution in [2.45, 2.75) is 26.2 Å². The van der Waals surface area contributed by atoms with Gasteiger partial charge in [0.05, 0.1) is 16.5 Å². The molecule has 2 aromatic carbocycles. The number of benzene rings is 2. The fourth-order valence-corrected chi connectivity index (χ4v) is 2.91. The molecule has 144 valence electrons. The molecular formula is C19H19Cl2NO5. The van der Waals surface area contributed by atoms with Gasteiger partial charge in [0.2, 0.25) is 0 Å². The van der Waals surface area contributed by atoms with Crippen LogP contribution >= 0.6 is 23.2 Å². The molecule has 0 heterocycles. The lowest BCUT2D eigenvalue weighted by atomic mass is 10.0. The number of carboxylic acids is 1. The van der Waals surface area contributed by atoms with Crippen LogP contribution in [-0.4, -0.2) is 28.6 Å². The van der Waals surface area contributed by atoms with Gasteiger partial charge in [0.1, 0.15) is 11.5 Å². The van der Waals surface area contributed by atoms with Crippen LogP contribution in [0.3, 0.4) is 0 Å². The van der Waals surface area contributed by atoms with Gasteiger partial charge in [-0.1, -0.05) is 37.0 Å². The Bertz CT molecular complexity index is 844. The first-order chi connectivity index (χ1) is 12.7. The number of hydrogen-bond donors (Lipinski definition) is 3. The fraction of sp³-hybridized carbons (Fsp3) is 0.263. The molecule has 2 aromatic rings. The smallest absolute Gasteiger partial charge is 0.305 e. The number of ether oxygens (including phenoxy) is 1.